The van der Waals surface area contributed by atoms with Gasteiger partial charge in [-0.2, -0.15) is 0 Å². The lowest BCUT2D eigenvalue weighted by molar-refractivity contribution is -0.120. The third-order valence-electron chi connectivity index (χ3n) is 5.47. The first-order chi connectivity index (χ1) is 13.1. The number of nitrogens with zero attached hydrogens (tertiary/aromatic N) is 2. The number of imidazole rings is 1. The van der Waals surface area contributed by atoms with Crippen molar-refractivity contribution in [2.24, 2.45) is 0 Å². The molecule has 1 aliphatic rings. The van der Waals surface area contributed by atoms with Crippen molar-refractivity contribution in [1.82, 2.24) is 9.55 Å². The van der Waals surface area contributed by atoms with Gasteiger partial charge in [0, 0.05) is 29.7 Å². The number of aromatic nitrogens is 2. The predicted octanol–water partition coefficient (Wildman–Crippen LogP) is 4.80. The highest BCUT2D eigenvalue weighted by Gasteiger charge is 2.29. The van der Waals surface area contributed by atoms with E-state index in [-0.39, 0.29) is 5.91 Å². The van der Waals surface area contributed by atoms with Crippen LogP contribution in [0.1, 0.15) is 37.9 Å². The Morgan fingerprint density at radius 2 is 1.78 bits per heavy atom. The van der Waals surface area contributed by atoms with Crippen molar-refractivity contribution in [2.75, 3.05) is 5.32 Å². The molecule has 0 radical (unpaired) electrons. The first-order valence-electron chi connectivity index (χ1n) is 9.57. The Morgan fingerprint density at radius 1 is 1.04 bits per heavy atom. The van der Waals surface area contributed by atoms with Gasteiger partial charge in [0.1, 0.15) is 5.82 Å². The smallest absolute Gasteiger partial charge is 0.234 e. The molecule has 0 atom stereocenters. The molecule has 0 unspecified atom stereocenters. The average Bonchev–Trinajstić information content (AvgIpc) is 3.13. The minimum Gasteiger partial charge on any atom is -0.328 e. The first-order valence-corrected chi connectivity index (χ1v) is 9.57. The number of rotatable bonds is 4. The predicted molar refractivity (Wildman–Crippen MR) is 109 cm³/mol. The number of amides is 1. The van der Waals surface area contributed by atoms with Gasteiger partial charge in [-0.05, 0) is 62.9 Å². The van der Waals surface area contributed by atoms with Crippen LogP contribution in [0.5, 0.6) is 0 Å². The molecule has 4 nitrogen and oxygen atoms in total. The quantitative estimate of drug-likeness (QED) is 0.727. The van der Waals surface area contributed by atoms with E-state index in [0.29, 0.717) is 0 Å². The van der Waals surface area contributed by atoms with Crippen molar-refractivity contribution >= 4 is 11.6 Å². The second kappa shape index (κ2) is 7.03. The second-order valence-electron chi connectivity index (χ2n) is 7.70. The molecule has 1 N–H and O–H groups in total. The topological polar surface area (TPSA) is 46.9 Å². The fourth-order valence-electron chi connectivity index (χ4n) is 3.64. The summed E-state index contributed by atoms with van der Waals surface area (Å²) in [5, 5.41) is 3.05. The van der Waals surface area contributed by atoms with Gasteiger partial charge in [0.05, 0.1) is 5.41 Å². The molecule has 0 aliphatic carbocycles. The maximum Gasteiger partial charge on any atom is 0.234 e. The molecule has 27 heavy (non-hydrogen) atoms. The summed E-state index contributed by atoms with van der Waals surface area (Å²) in [6.07, 6.45) is 5.55. The van der Waals surface area contributed by atoms with E-state index in [9.17, 15) is 4.79 Å². The zero-order valence-corrected chi connectivity index (χ0v) is 15.9. The Kier molecular flexibility index (Phi) is 4.56. The van der Waals surface area contributed by atoms with E-state index in [1.54, 1.807) is 0 Å². The number of benzene rings is 2. The number of aryl methyl sites for hydroxylation is 1. The van der Waals surface area contributed by atoms with Gasteiger partial charge < -0.3 is 9.88 Å². The van der Waals surface area contributed by atoms with Crippen LogP contribution in [0.15, 0.2) is 60.8 Å². The summed E-state index contributed by atoms with van der Waals surface area (Å²) >= 11 is 0. The highest BCUT2D eigenvalue weighted by atomic mass is 16.2. The lowest BCUT2D eigenvalue weighted by atomic mass is 9.83. The van der Waals surface area contributed by atoms with Crippen molar-refractivity contribution in [2.45, 2.75) is 45.1 Å². The van der Waals surface area contributed by atoms with Gasteiger partial charge in [-0.25, -0.2) is 4.98 Å². The highest BCUT2D eigenvalue weighted by Crippen LogP contribution is 2.27. The van der Waals surface area contributed by atoms with E-state index in [1.807, 2.05) is 74.6 Å². The summed E-state index contributed by atoms with van der Waals surface area (Å²) in [5.74, 6) is 1.01. The molecule has 0 bridgehead atoms. The SMILES string of the molecule is CC(C)(C(=O)Nc1ccc(-c2ncc3n2CCCC3)cc1)c1ccccc1. The van der Waals surface area contributed by atoms with Crippen LogP contribution in [0.25, 0.3) is 11.4 Å². The Morgan fingerprint density at radius 3 is 2.52 bits per heavy atom. The van der Waals surface area contributed by atoms with E-state index in [1.165, 1.54) is 18.5 Å². The second-order valence-corrected chi connectivity index (χ2v) is 7.70. The van der Waals surface area contributed by atoms with Crippen molar-refractivity contribution < 1.29 is 4.79 Å². The Hall–Kier alpha value is -2.88. The average molecular weight is 359 g/mol. The standard InChI is InChI=1S/C23H25N3O/c1-23(2,18-8-4-3-5-9-18)22(27)25-19-13-11-17(12-14-19)21-24-16-20-10-6-7-15-26(20)21/h3-5,8-9,11-14,16H,6-7,10,15H2,1-2H3,(H,25,27). The minimum atomic E-state index is -0.595. The van der Waals surface area contributed by atoms with Gasteiger partial charge >= 0.3 is 0 Å². The van der Waals surface area contributed by atoms with Crippen LogP contribution < -0.4 is 5.32 Å². The molecule has 3 aromatic rings. The molecule has 0 fully saturated rings. The highest BCUT2D eigenvalue weighted by molar-refractivity contribution is 5.98. The third kappa shape index (κ3) is 3.39. The number of nitrogens with one attached hydrogen (secondary N) is 1. The van der Waals surface area contributed by atoms with E-state index < -0.39 is 5.41 Å². The van der Waals surface area contributed by atoms with Gasteiger partial charge in [-0.15, -0.1) is 0 Å². The summed E-state index contributed by atoms with van der Waals surface area (Å²) < 4.78 is 2.32. The maximum absolute atomic E-state index is 12.8. The van der Waals surface area contributed by atoms with Gasteiger partial charge in [0.25, 0.3) is 0 Å². The zero-order chi connectivity index (χ0) is 18.9. The minimum absolute atomic E-state index is 0.0142. The van der Waals surface area contributed by atoms with Gasteiger partial charge in [-0.1, -0.05) is 30.3 Å². The van der Waals surface area contributed by atoms with Gasteiger partial charge in [0.2, 0.25) is 5.91 Å². The summed E-state index contributed by atoms with van der Waals surface area (Å²) in [6, 6.07) is 17.9. The molecular weight excluding hydrogens is 334 g/mol. The van der Waals surface area contributed by atoms with Crippen LogP contribution in [0.3, 0.4) is 0 Å². The van der Waals surface area contributed by atoms with E-state index >= 15 is 0 Å². The monoisotopic (exact) mass is 359 g/mol. The van der Waals surface area contributed by atoms with E-state index in [4.69, 9.17) is 0 Å². The molecule has 0 saturated carbocycles. The maximum atomic E-state index is 12.8. The summed E-state index contributed by atoms with van der Waals surface area (Å²) in [4.78, 5) is 17.4. The van der Waals surface area contributed by atoms with Crippen molar-refractivity contribution in [1.29, 1.82) is 0 Å². The molecule has 138 valence electrons. The molecule has 0 spiro atoms. The van der Waals surface area contributed by atoms with E-state index in [2.05, 4.69) is 14.9 Å². The molecule has 2 aromatic carbocycles. The summed E-state index contributed by atoms with van der Waals surface area (Å²) in [6.45, 7) is 4.93. The van der Waals surface area contributed by atoms with Crippen LogP contribution in [-0.4, -0.2) is 15.5 Å². The summed E-state index contributed by atoms with van der Waals surface area (Å²) in [7, 11) is 0. The van der Waals surface area contributed by atoms with Crippen LogP contribution >= 0.6 is 0 Å². The van der Waals surface area contributed by atoms with Crippen molar-refractivity contribution in [3.8, 4) is 11.4 Å². The van der Waals surface area contributed by atoms with E-state index in [0.717, 1.165) is 35.6 Å². The van der Waals surface area contributed by atoms with Crippen LogP contribution in [-0.2, 0) is 23.2 Å². The molecular formula is C23H25N3O. The number of fused-ring (bicyclic) bond motifs is 1. The number of hydrogen-bond donors (Lipinski definition) is 1. The number of carbonyl (C=O) groups is 1. The third-order valence-corrected chi connectivity index (χ3v) is 5.47. The van der Waals surface area contributed by atoms with Crippen LogP contribution in [0, 0.1) is 0 Å². The first kappa shape index (κ1) is 17.5. The normalized spacial score (nSPS) is 13.9. The fourth-order valence-corrected chi connectivity index (χ4v) is 3.64. The molecule has 1 amide bonds. The molecule has 4 heteroatoms. The fraction of sp³-hybridized carbons (Fsp3) is 0.304. The number of carbonyl (C=O) groups excluding carboxylic acids is 1. The Labute approximate surface area is 160 Å². The van der Waals surface area contributed by atoms with Crippen molar-refractivity contribution in [3.05, 3.63) is 72.1 Å². The van der Waals surface area contributed by atoms with Crippen molar-refractivity contribution in [3.63, 3.8) is 0 Å². The number of hydrogen-bond acceptors (Lipinski definition) is 2. The molecule has 2 heterocycles. The molecule has 1 aromatic heterocycles. The molecule has 4 rings (SSSR count). The molecule has 1 aliphatic heterocycles. The number of anilines is 1. The Balaban J connectivity index is 1.51. The summed E-state index contributed by atoms with van der Waals surface area (Å²) in [5.41, 5.74) is 3.62. The van der Waals surface area contributed by atoms with Crippen LogP contribution in [0.2, 0.25) is 0 Å². The van der Waals surface area contributed by atoms with Gasteiger partial charge in [0.15, 0.2) is 0 Å². The zero-order valence-electron chi connectivity index (χ0n) is 15.9. The lowest BCUT2D eigenvalue weighted by Crippen LogP contribution is -2.34. The largest absolute Gasteiger partial charge is 0.328 e. The lowest BCUT2D eigenvalue weighted by Gasteiger charge is -2.24. The van der Waals surface area contributed by atoms with Gasteiger partial charge in [-0.3, -0.25) is 4.79 Å². The molecule has 0 saturated heterocycles. The van der Waals surface area contributed by atoms with Crippen LogP contribution in [0.4, 0.5) is 5.69 Å². The Bertz CT molecular complexity index is 940.